The molecule has 0 radical (unpaired) electrons. The minimum absolute atomic E-state index is 0.0860. The first-order valence-electron chi connectivity index (χ1n) is 7.45. The highest BCUT2D eigenvalue weighted by atomic mass is 16.5. The van der Waals surface area contributed by atoms with Crippen molar-refractivity contribution in [1.82, 2.24) is 10.6 Å². The second-order valence-corrected chi connectivity index (χ2v) is 5.49. The molecule has 1 amide bonds. The van der Waals surface area contributed by atoms with Gasteiger partial charge in [-0.1, -0.05) is 25.7 Å². The Labute approximate surface area is 110 Å². The monoisotopic (exact) mass is 254 g/mol. The van der Waals surface area contributed by atoms with E-state index in [1.165, 1.54) is 38.5 Å². The summed E-state index contributed by atoms with van der Waals surface area (Å²) in [6, 6.07) is 0.666. The van der Waals surface area contributed by atoms with Crippen molar-refractivity contribution in [3.05, 3.63) is 0 Å². The lowest BCUT2D eigenvalue weighted by Crippen LogP contribution is -2.39. The van der Waals surface area contributed by atoms with E-state index in [-0.39, 0.29) is 11.8 Å². The number of nitrogens with one attached hydrogen (secondary N) is 2. The van der Waals surface area contributed by atoms with Gasteiger partial charge in [-0.25, -0.2) is 0 Å². The summed E-state index contributed by atoms with van der Waals surface area (Å²) >= 11 is 0. The van der Waals surface area contributed by atoms with Crippen LogP contribution in [0.25, 0.3) is 0 Å². The number of carbonyl (C=O) groups is 1. The smallest absolute Gasteiger partial charge is 0.225 e. The predicted octanol–water partition coefficient (Wildman–Crippen LogP) is 1.45. The molecule has 4 nitrogen and oxygen atoms in total. The molecule has 104 valence electrons. The lowest BCUT2D eigenvalue weighted by Gasteiger charge is -2.16. The quantitative estimate of drug-likeness (QED) is 0.577. The van der Waals surface area contributed by atoms with E-state index in [1.807, 2.05) is 0 Å². The Morgan fingerprint density at radius 2 is 1.83 bits per heavy atom. The summed E-state index contributed by atoms with van der Waals surface area (Å²) in [4.78, 5) is 11.7. The first-order chi connectivity index (χ1) is 8.86. The van der Waals surface area contributed by atoms with Crippen molar-refractivity contribution in [3.63, 3.8) is 0 Å². The van der Waals surface area contributed by atoms with Crippen LogP contribution in [0.1, 0.15) is 44.9 Å². The summed E-state index contributed by atoms with van der Waals surface area (Å²) < 4.78 is 5.22. The third-order valence-electron chi connectivity index (χ3n) is 4.01. The van der Waals surface area contributed by atoms with Crippen molar-refractivity contribution in [3.8, 4) is 0 Å². The average Bonchev–Trinajstić information content (AvgIpc) is 2.80. The molecule has 1 aliphatic heterocycles. The Bertz CT molecular complexity index is 244. The van der Waals surface area contributed by atoms with E-state index >= 15 is 0 Å². The highest BCUT2D eigenvalue weighted by molar-refractivity contribution is 5.78. The largest absolute Gasteiger partial charge is 0.381 e. The van der Waals surface area contributed by atoms with E-state index in [2.05, 4.69) is 10.6 Å². The summed E-state index contributed by atoms with van der Waals surface area (Å²) in [6.07, 6.45) is 8.94. The SMILES string of the molecule is O=C(NCCNC1CCCCCC1)C1CCOC1. The van der Waals surface area contributed by atoms with Crippen molar-refractivity contribution in [2.45, 2.75) is 51.0 Å². The van der Waals surface area contributed by atoms with Gasteiger partial charge in [0.2, 0.25) is 5.91 Å². The fraction of sp³-hybridized carbons (Fsp3) is 0.929. The number of ether oxygens (including phenoxy) is 1. The van der Waals surface area contributed by atoms with Crippen LogP contribution in [0.3, 0.4) is 0 Å². The summed E-state index contributed by atoms with van der Waals surface area (Å²) in [7, 11) is 0. The summed E-state index contributed by atoms with van der Waals surface area (Å²) in [5, 5.41) is 6.56. The number of amides is 1. The molecule has 1 aliphatic carbocycles. The lowest BCUT2D eigenvalue weighted by atomic mass is 10.1. The van der Waals surface area contributed by atoms with Gasteiger partial charge in [0.25, 0.3) is 0 Å². The lowest BCUT2D eigenvalue weighted by molar-refractivity contribution is -0.124. The average molecular weight is 254 g/mol. The van der Waals surface area contributed by atoms with Crippen LogP contribution < -0.4 is 10.6 Å². The molecule has 0 aromatic carbocycles. The molecule has 2 N–H and O–H groups in total. The van der Waals surface area contributed by atoms with Gasteiger partial charge in [0, 0.05) is 25.7 Å². The molecule has 1 atom stereocenters. The van der Waals surface area contributed by atoms with E-state index in [0.29, 0.717) is 12.6 Å². The van der Waals surface area contributed by atoms with Gasteiger partial charge in [-0.05, 0) is 19.3 Å². The van der Waals surface area contributed by atoms with Crippen LogP contribution in [-0.4, -0.2) is 38.3 Å². The standard InChI is InChI=1S/C14H26N2O2/c17-14(12-7-10-18-11-12)16-9-8-15-13-5-3-1-2-4-6-13/h12-13,15H,1-11H2,(H,16,17). The fourth-order valence-corrected chi connectivity index (χ4v) is 2.83. The number of hydrogen-bond acceptors (Lipinski definition) is 3. The number of hydrogen-bond donors (Lipinski definition) is 2. The van der Waals surface area contributed by atoms with Crippen LogP contribution in [0, 0.1) is 5.92 Å². The van der Waals surface area contributed by atoms with Gasteiger partial charge in [-0.15, -0.1) is 0 Å². The van der Waals surface area contributed by atoms with Crippen molar-refractivity contribution in [2.75, 3.05) is 26.3 Å². The van der Waals surface area contributed by atoms with Crippen LogP contribution in [0.15, 0.2) is 0 Å². The van der Waals surface area contributed by atoms with E-state index in [1.54, 1.807) is 0 Å². The molecule has 1 saturated heterocycles. The van der Waals surface area contributed by atoms with Gasteiger partial charge in [0.15, 0.2) is 0 Å². The van der Waals surface area contributed by atoms with Gasteiger partial charge in [-0.3, -0.25) is 4.79 Å². The van der Waals surface area contributed by atoms with Crippen LogP contribution >= 0.6 is 0 Å². The van der Waals surface area contributed by atoms with E-state index in [9.17, 15) is 4.79 Å². The molecule has 4 heteroatoms. The molecule has 18 heavy (non-hydrogen) atoms. The maximum absolute atomic E-state index is 11.7. The molecule has 0 spiro atoms. The van der Waals surface area contributed by atoms with Crippen molar-refractivity contribution in [1.29, 1.82) is 0 Å². The zero-order valence-electron chi connectivity index (χ0n) is 11.2. The van der Waals surface area contributed by atoms with Gasteiger partial charge in [0.05, 0.1) is 12.5 Å². The minimum Gasteiger partial charge on any atom is -0.381 e. The second kappa shape index (κ2) is 7.74. The Balaban J connectivity index is 1.53. The Kier molecular flexibility index (Phi) is 5.94. The topological polar surface area (TPSA) is 50.4 Å². The van der Waals surface area contributed by atoms with Crippen LogP contribution in [0.4, 0.5) is 0 Å². The maximum atomic E-state index is 11.7. The molecule has 1 heterocycles. The van der Waals surface area contributed by atoms with E-state index in [4.69, 9.17) is 4.74 Å². The molecule has 2 rings (SSSR count). The molecule has 0 aromatic heterocycles. The second-order valence-electron chi connectivity index (χ2n) is 5.49. The molecular weight excluding hydrogens is 228 g/mol. The predicted molar refractivity (Wildman–Crippen MR) is 71.4 cm³/mol. The normalized spacial score (nSPS) is 25.9. The highest BCUT2D eigenvalue weighted by Crippen LogP contribution is 2.16. The van der Waals surface area contributed by atoms with Gasteiger partial charge >= 0.3 is 0 Å². The number of carbonyl (C=O) groups excluding carboxylic acids is 1. The van der Waals surface area contributed by atoms with Crippen LogP contribution in [-0.2, 0) is 9.53 Å². The van der Waals surface area contributed by atoms with Crippen LogP contribution in [0.5, 0.6) is 0 Å². The highest BCUT2D eigenvalue weighted by Gasteiger charge is 2.22. The molecule has 0 aromatic rings. The minimum atomic E-state index is 0.0860. The fourth-order valence-electron chi connectivity index (χ4n) is 2.83. The maximum Gasteiger partial charge on any atom is 0.225 e. The molecule has 2 aliphatic rings. The third kappa shape index (κ3) is 4.58. The van der Waals surface area contributed by atoms with E-state index in [0.717, 1.165) is 26.1 Å². The Hall–Kier alpha value is -0.610. The van der Waals surface area contributed by atoms with Crippen molar-refractivity contribution >= 4 is 5.91 Å². The molecular formula is C14H26N2O2. The van der Waals surface area contributed by atoms with Crippen LogP contribution in [0.2, 0.25) is 0 Å². The Morgan fingerprint density at radius 3 is 2.50 bits per heavy atom. The number of rotatable bonds is 5. The Morgan fingerprint density at radius 1 is 1.06 bits per heavy atom. The molecule has 1 saturated carbocycles. The van der Waals surface area contributed by atoms with Gasteiger partial charge in [-0.2, -0.15) is 0 Å². The zero-order valence-corrected chi connectivity index (χ0v) is 11.2. The van der Waals surface area contributed by atoms with Gasteiger partial charge < -0.3 is 15.4 Å². The summed E-state index contributed by atoms with van der Waals surface area (Å²) in [5.74, 6) is 0.248. The van der Waals surface area contributed by atoms with Crippen molar-refractivity contribution in [2.24, 2.45) is 5.92 Å². The summed E-state index contributed by atoms with van der Waals surface area (Å²) in [5.41, 5.74) is 0. The summed E-state index contributed by atoms with van der Waals surface area (Å²) in [6.45, 7) is 2.97. The molecule has 2 fully saturated rings. The zero-order chi connectivity index (χ0) is 12.6. The third-order valence-corrected chi connectivity index (χ3v) is 4.01. The molecule has 1 unspecified atom stereocenters. The van der Waals surface area contributed by atoms with Gasteiger partial charge in [0.1, 0.15) is 0 Å². The first kappa shape index (κ1) is 13.8. The van der Waals surface area contributed by atoms with E-state index < -0.39 is 0 Å². The first-order valence-corrected chi connectivity index (χ1v) is 7.45. The van der Waals surface area contributed by atoms with Crippen molar-refractivity contribution < 1.29 is 9.53 Å². The molecule has 0 bridgehead atoms.